The number of nitrogens with zero attached hydrogens (tertiary/aromatic N) is 1. The molecular weight excluding hydrogens is 388 g/mol. The summed E-state index contributed by atoms with van der Waals surface area (Å²) in [5.41, 5.74) is 0. The van der Waals surface area contributed by atoms with Crippen LogP contribution in [0.3, 0.4) is 0 Å². The van der Waals surface area contributed by atoms with Gasteiger partial charge in [-0.1, -0.05) is 26.2 Å². The molecule has 1 aliphatic heterocycles. The van der Waals surface area contributed by atoms with Gasteiger partial charge in [0.1, 0.15) is 0 Å². The summed E-state index contributed by atoms with van der Waals surface area (Å²) in [6.07, 6.45) is 5.26. The molecule has 5 heteroatoms. The predicted molar refractivity (Wildman–Crippen MR) is 91.0 cm³/mol. The van der Waals surface area contributed by atoms with Crippen LogP contribution in [0.2, 0.25) is 0 Å². The summed E-state index contributed by atoms with van der Waals surface area (Å²) in [6.45, 7) is 6.86. The van der Waals surface area contributed by atoms with Crippen LogP contribution in [-0.2, 0) is 0 Å². The first-order chi connectivity index (χ1) is 9.22. The van der Waals surface area contributed by atoms with Crippen LogP contribution < -0.4 is 5.32 Å². The molecule has 0 unspecified atom stereocenters. The van der Waals surface area contributed by atoms with Crippen LogP contribution in [0, 0.1) is 0 Å². The zero-order valence-corrected chi connectivity index (χ0v) is 15.4. The largest absolute Gasteiger partial charge is 0.314 e. The number of hydrogen-bond acceptors (Lipinski definition) is 3. The maximum atomic E-state index is 3.63. The Morgan fingerprint density at radius 2 is 2.05 bits per heavy atom. The molecular formula is C14H22Br2N2S. The van der Waals surface area contributed by atoms with E-state index < -0.39 is 0 Å². The standard InChI is InChI=1S/C14H22Br2N2S/c1-2-3-4-5-12(18-8-6-17-7-9-18)13-10-11(15)14(16)19-13/h10,12,17H,2-9H2,1H3/t12-/m0/s1. The number of rotatable bonds is 6. The van der Waals surface area contributed by atoms with Gasteiger partial charge in [-0.05, 0) is 44.3 Å². The monoisotopic (exact) mass is 408 g/mol. The van der Waals surface area contributed by atoms with Gasteiger partial charge in [-0.2, -0.15) is 0 Å². The minimum absolute atomic E-state index is 0.598. The highest BCUT2D eigenvalue weighted by molar-refractivity contribution is 9.13. The summed E-state index contributed by atoms with van der Waals surface area (Å²) in [4.78, 5) is 4.15. The number of nitrogens with one attached hydrogen (secondary N) is 1. The van der Waals surface area contributed by atoms with Crippen molar-refractivity contribution >= 4 is 43.2 Å². The molecule has 1 aromatic rings. The minimum atomic E-state index is 0.598. The van der Waals surface area contributed by atoms with Crippen molar-refractivity contribution in [1.82, 2.24) is 10.2 Å². The zero-order valence-electron chi connectivity index (χ0n) is 11.4. The Balaban J connectivity index is 2.07. The maximum absolute atomic E-state index is 3.63. The van der Waals surface area contributed by atoms with Crippen molar-refractivity contribution in [2.24, 2.45) is 0 Å². The van der Waals surface area contributed by atoms with E-state index in [-0.39, 0.29) is 0 Å². The lowest BCUT2D eigenvalue weighted by atomic mass is 10.0. The summed E-state index contributed by atoms with van der Waals surface area (Å²) in [5.74, 6) is 0. The third kappa shape index (κ3) is 4.53. The average molecular weight is 410 g/mol. The smallest absolute Gasteiger partial charge is 0.0843 e. The van der Waals surface area contributed by atoms with Crippen molar-refractivity contribution in [3.63, 3.8) is 0 Å². The van der Waals surface area contributed by atoms with Crippen molar-refractivity contribution in [3.05, 3.63) is 19.2 Å². The normalized spacial score (nSPS) is 18.7. The summed E-state index contributed by atoms with van der Waals surface area (Å²) in [5, 5.41) is 3.45. The molecule has 108 valence electrons. The molecule has 1 saturated heterocycles. The van der Waals surface area contributed by atoms with Crippen molar-refractivity contribution in [2.45, 2.75) is 38.6 Å². The lowest BCUT2D eigenvalue weighted by Gasteiger charge is -2.34. The van der Waals surface area contributed by atoms with Crippen molar-refractivity contribution in [3.8, 4) is 0 Å². The quantitative estimate of drug-likeness (QED) is 0.678. The summed E-state index contributed by atoms with van der Waals surface area (Å²) >= 11 is 9.14. The van der Waals surface area contributed by atoms with Gasteiger partial charge in [0.2, 0.25) is 0 Å². The van der Waals surface area contributed by atoms with E-state index in [1.165, 1.54) is 51.9 Å². The molecule has 0 radical (unpaired) electrons. The molecule has 0 aromatic carbocycles. The van der Waals surface area contributed by atoms with Crippen molar-refractivity contribution in [2.75, 3.05) is 26.2 Å². The Bertz CT molecular complexity index is 369. The molecule has 0 amide bonds. The van der Waals surface area contributed by atoms with Gasteiger partial charge in [0.05, 0.1) is 3.79 Å². The van der Waals surface area contributed by atoms with Crippen LogP contribution in [0.15, 0.2) is 14.3 Å². The van der Waals surface area contributed by atoms with E-state index >= 15 is 0 Å². The minimum Gasteiger partial charge on any atom is -0.314 e. The molecule has 19 heavy (non-hydrogen) atoms. The third-order valence-electron chi connectivity index (χ3n) is 3.67. The number of thiophene rings is 1. The highest BCUT2D eigenvalue weighted by atomic mass is 79.9. The Kier molecular flexibility index (Phi) is 6.83. The summed E-state index contributed by atoms with van der Waals surface area (Å²) < 4.78 is 2.42. The first-order valence-electron chi connectivity index (χ1n) is 7.12. The first kappa shape index (κ1) is 16.0. The van der Waals surface area contributed by atoms with Gasteiger partial charge in [0.25, 0.3) is 0 Å². The molecule has 1 aromatic heterocycles. The fourth-order valence-corrected chi connectivity index (χ4v) is 4.87. The second-order valence-electron chi connectivity index (χ2n) is 5.07. The van der Waals surface area contributed by atoms with Crippen molar-refractivity contribution in [1.29, 1.82) is 0 Å². The summed E-state index contributed by atoms with van der Waals surface area (Å²) in [6, 6.07) is 2.90. The molecule has 2 heterocycles. The molecule has 0 bridgehead atoms. The van der Waals surface area contributed by atoms with E-state index in [2.05, 4.69) is 55.1 Å². The summed E-state index contributed by atoms with van der Waals surface area (Å²) in [7, 11) is 0. The molecule has 0 spiro atoms. The van der Waals surface area contributed by atoms with Crippen LogP contribution in [0.4, 0.5) is 0 Å². The molecule has 1 aliphatic rings. The number of halogens is 2. The highest BCUT2D eigenvalue weighted by Crippen LogP contribution is 2.39. The van der Waals surface area contributed by atoms with Gasteiger partial charge >= 0.3 is 0 Å². The molecule has 0 aliphatic carbocycles. The van der Waals surface area contributed by atoms with Crippen molar-refractivity contribution < 1.29 is 0 Å². The highest BCUT2D eigenvalue weighted by Gasteiger charge is 2.23. The molecule has 2 nitrogen and oxygen atoms in total. The lowest BCUT2D eigenvalue weighted by Crippen LogP contribution is -2.45. The van der Waals surface area contributed by atoms with Gasteiger partial charge in [-0.3, -0.25) is 4.90 Å². The fraction of sp³-hybridized carbons (Fsp3) is 0.714. The van der Waals surface area contributed by atoms with Gasteiger partial charge in [-0.25, -0.2) is 0 Å². The lowest BCUT2D eigenvalue weighted by molar-refractivity contribution is 0.165. The second kappa shape index (κ2) is 8.13. The van der Waals surface area contributed by atoms with Gasteiger partial charge in [-0.15, -0.1) is 11.3 Å². The van der Waals surface area contributed by atoms with Gasteiger partial charge < -0.3 is 5.32 Å². The molecule has 1 N–H and O–H groups in total. The Hall–Kier alpha value is 0.580. The first-order valence-corrected chi connectivity index (χ1v) is 9.52. The number of piperazine rings is 1. The van der Waals surface area contributed by atoms with Gasteiger partial charge in [0.15, 0.2) is 0 Å². The third-order valence-corrected chi connectivity index (χ3v) is 7.02. The van der Waals surface area contributed by atoms with E-state index in [9.17, 15) is 0 Å². The Morgan fingerprint density at radius 1 is 1.32 bits per heavy atom. The molecule has 1 fully saturated rings. The van der Waals surface area contributed by atoms with E-state index in [1.807, 2.05) is 11.3 Å². The Labute approximate surface area is 137 Å². The van der Waals surface area contributed by atoms with E-state index in [1.54, 1.807) is 0 Å². The van der Waals surface area contributed by atoms with Crippen LogP contribution >= 0.6 is 43.2 Å². The predicted octanol–water partition coefficient (Wildman–Crippen LogP) is 4.80. The fourth-order valence-electron chi connectivity index (χ4n) is 2.61. The number of unbranched alkanes of at least 4 members (excludes halogenated alkanes) is 2. The number of hydrogen-bond donors (Lipinski definition) is 1. The SMILES string of the molecule is CCCCC[C@@H](c1cc(Br)c(Br)s1)N1CCNCC1. The molecule has 0 saturated carbocycles. The van der Waals surface area contributed by atoms with Gasteiger partial charge in [0, 0.05) is 41.6 Å². The molecule has 1 atom stereocenters. The Morgan fingerprint density at radius 3 is 2.63 bits per heavy atom. The second-order valence-corrected chi connectivity index (χ2v) is 8.32. The van der Waals surface area contributed by atoms with Crippen LogP contribution in [0.5, 0.6) is 0 Å². The van der Waals surface area contributed by atoms with E-state index in [0.717, 1.165) is 13.1 Å². The maximum Gasteiger partial charge on any atom is 0.0843 e. The van der Waals surface area contributed by atoms with Crippen LogP contribution in [0.1, 0.15) is 43.5 Å². The topological polar surface area (TPSA) is 15.3 Å². The molecule has 2 rings (SSSR count). The van der Waals surface area contributed by atoms with E-state index in [0.29, 0.717) is 6.04 Å². The van der Waals surface area contributed by atoms with Crippen LogP contribution in [0.25, 0.3) is 0 Å². The van der Waals surface area contributed by atoms with E-state index in [4.69, 9.17) is 0 Å². The zero-order chi connectivity index (χ0) is 13.7. The van der Waals surface area contributed by atoms with Crippen LogP contribution in [-0.4, -0.2) is 31.1 Å². The average Bonchev–Trinajstić information content (AvgIpc) is 2.75.